The first-order chi connectivity index (χ1) is 7.54. The lowest BCUT2D eigenvalue weighted by Crippen LogP contribution is -2.15. The van der Waals surface area contributed by atoms with Crippen molar-refractivity contribution in [3.63, 3.8) is 0 Å². The molecule has 0 aliphatic rings. The number of hydrogen-bond donors (Lipinski definition) is 1. The predicted octanol–water partition coefficient (Wildman–Crippen LogP) is 4.77. The van der Waals surface area contributed by atoms with Crippen LogP contribution in [0.1, 0.15) is 44.7 Å². The Morgan fingerprint density at radius 2 is 2.12 bits per heavy atom. The Morgan fingerprint density at radius 3 is 2.75 bits per heavy atom. The summed E-state index contributed by atoms with van der Waals surface area (Å²) in [6, 6.07) is 6.04. The van der Waals surface area contributed by atoms with Gasteiger partial charge in [-0.25, -0.2) is 0 Å². The highest BCUT2D eigenvalue weighted by Gasteiger charge is 2.13. The third-order valence-corrected chi connectivity index (χ3v) is 4.01. The molecule has 0 aromatic heterocycles. The zero-order valence-electron chi connectivity index (χ0n) is 9.84. The standard InChI is InChI=1S/C13H19ClIN/c1-3-4-9(2)7-13(16)11-8-10(14)5-6-12(11)15/h5-6,8-9,13H,3-4,7,16H2,1-2H3. The average molecular weight is 352 g/mol. The van der Waals surface area contributed by atoms with Crippen molar-refractivity contribution in [2.45, 2.75) is 39.2 Å². The zero-order valence-corrected chi connectivity index (χ0v) is 12.8. The van der Waals surface area contributed by atoms with Crippen molar-refractivity contribution >= 4 is 34.2 Å². The van der Waals surface area contributed by atoms with E-state index in [4.69, 9.17) is 17.3 Å². The molecule has 90 valence electrons. The van der Waals surface area contributed by atoms with Crippen LogP contribution in [0.3, 0.4) is 0 Å². The molecule has 1 nitrogen and oxygen atoms in total. The van der Waals surface area contributed by atoms with Crippen LogP contribution in [0.5, 0.6) is 0 Å². The molecule has 0 amide bonds. The van der Waals surface area contributed by atoms with Gasteiger partial charge in [0.05, 0.1) is 0 Å². The van der Waals surface area contributed by atoms with Gasteiger partial charge in [0.2, 0.25) is 0 Å². The Bertz CT molecular complexity index is 341. The highest BCUT2D eigenvalue weighted by molar-refractivity contribution is 14.1. The van der Waals surface area contributed by atoms with Crippen molar-refractivity contribution in [1.29, 1.82) is 0 Å². The molecule has 0 heterocycles. The molecule has 0 aliphatic carbocycles. The summed E-state index contributed by atoms with van der Waals surface area (Å²) in [7, 11) is 0. The van der Waals surface area contributed by atoms with Crippen LogP contribution in [0, 0.1) is 9.49 Å². The van der Waals surface area contributed by atoms with E-state index in [-0.39, 0.29) is 6.04 Å². The van der Waals surface area contributed by atoms with E-state index in [0.29, 0.717) is 5.92 Å². The summed E-state index contributed by atoms with van der Waals surface area (Å²) in [6.07, 6.45) is 3.50. The molecule has 2 N–H and O–H groups in total. The second-order valence-electron chi connectivity index (χ2n) is 4.40. The molecule has 1 rings (SSSR count). The summed E-state index contributed by atoms with van der Waals surface area (Å²) in [4.78, 5) is 0. The second kappa shape index (κ2) is 6.82. The van der Waals surface area contributed by atoms with Gasteiger partial charge in [-0.2, -0.15) is 0 Å². The third kappa shape index (κ3) is 4.22. The maximum absolute atomic E-state index is 6.23. The first-order valence-electron chi connectivity index (χ1n) is 5.75. The van der Waals surface area contributed by atoms with E-state index in [1.165, 1.54) is 22.0 Å². The molecule has 0 fully saturated rings. The lowest BCUT2D eigenvalue weighted by atomic mass is 9.94. The number of halogens is 2. The minimum Gasteiger partial charge on any atom is -0.324 e. The van der Waals surface area contributed by atoms with Crippen LogP contribution in [0.15, 0.2) is 18.2 Å². The Balaban J connectivity index is 2.72. The Morgan fingerprint density at radius 1 is 1.44 bits per heavy atom. The van der Waals surface area contributed by atoms with Gasteiger partial charge < -0.3 is 5.73 Å². The van der Waals surface area contributed by atoms with Crippen LogP contribution in [-0.2, 0) is 0 Å². The molecule has 0 saturated heterocycles. The molecule has 0 spiro atoms. The van der Waals surface area contributed by atoms with Crippen molar-refractivity contribution in [2.24, 2.45) is 11.7 Å². The number of benzene rings is 1. The van der Waals surface area contributed by atoms with Crippen LogP contribution in [-0.4, -0.2) is 0 Å². The lowest BCUT2D eigenvalue weighted by Gasteiger charge is -2.18. The average Bonchev–Trinajstić information content (AvgIpc) is 2.21. The maximum Gasteiger partial charge on any atom is 0.0410 e. The van der Waals surface area contributed by atoms with Gasteiger partial charge in [0.15, 0.2) is 0 Å². The molecule has 1 aromatic carbocycles. The maximum atomic E-state index is 6.23. The minimum absolute atomic E-state index is 0.104. The van der Waals surface area contributed by atoms with Crippen LogP contribution >= 0.6 is 34.2 Å². The normalized spacial score (nSPS) is 14.8. The molecular formula is C13H19ClIN. The van der Waals surface area contributed by atoms with Gasteiger partial charge in [0, 0.05) is 14.6 Å². The van der Waals surface area contributed by atoms with E-state index < -0.39 is 0 Å². The van der Waals surface area contributed by atoms with Gasteiger partial charge in [0.25, 0.3) is 0 Å². The molecule has 2 atom stereocenters. The quantitative estimate of drug-likeness (QED) is 0.760. The first kappa shape index (κ1) is 14.3. The van der Waals surface area contributed by atoms with E-state index in [9.17, 15) is 0 Å². The van der Waals surface area contributed by atoms with E-state index in [1.807, 2.05) is 18.2 Å². The smallest absolute Gasteiger partial charge is 0.0410 e. The summed E-state index contributed by atoms with van der Waals surface area (Å²) in [5, 5.41) is 0.772. The fraction of sp³-hybridized carbons (Fsp3) is 0.538. The van der Waals surface area contributed by atoms with Crippen LogP contribution in [0.25, 0.3) is 0 Å². The minimum atomic E-state index is 0.104. The van der Waals surface area contributed by atoms with Crippen molar-refractivity contribution in [3.8, 4) is 0 Å². The summed E-state index contributed by atoms with van der Waals surface area (Å²) in [5.74, 6) is 0.676. The molecular weight excluding hydrogens is 333 g/mol. The van der Waals surface area contributed by atoms with Gasteiger partial charge >= 0.3 is 0 Å². The van der Waals surface area contributed by atoms with Crippen LogP contribution in [0.4, 0.5) is 0 Å². The van der Waals surface area contributed by atoms with Gasteiger partial charge in [-0.1, -0.05) is 38.3 Å². The van der Waals surface area contributed by atoms with Crippen LogP contribution < -0.4 is 5.73 Å². The van der Waals surface area contributed by atoms with Crippen molar-refractivity contribution < 1.29 is 0 Å². The molecule has 0 saturated carbocycles. The summed E-state index contributed by atoms with van der Waals surface area (Å²) < 4.78 is 1.21. The topological polar surface area (TPSA) is 26.0 Å². The predicted molar refractivity (Wildman–Crippen MR) is 79.8 cm³/mol. The Hall–Kier alpha value is 0.200. The number of hydrogen-bond acceptors (Lipinski definition) is 1. The van der Waals surface area contributed by atoms with Gasteiger partial charge in [-0.15, -0.1) is 0 Å². The van der Waals surface area contributed by atoms with Gasteiger partial charge in [-0.3, -0.25) is 0 Å². The first-order valence-corrected chi connectivity index (χ1v) is 7.20. The third-order valence-electron chi connectivity index (χ3n) is 2.80. The van der Waals surface area contributed by atoms with Crippen molar-refractivity contribution in [1.82, 2.24) is 0 Å². The molecule has 0 aliphatic heterocycles. The summed E-state index contributed by atoms with van der Waals surface area (Å²) in [5.41, 5.74) is 7.41. The zero-order chi connectivity index (χ0) is 12.1. The monoisotopic (exact) mass is 351 g/mol. The Kier molecular flexibility index (Phi) is 6.08. The van der Waals surface area contributed by atoms with E-state index in [0.717, 1.165) is 11.4 Å². The van der Waals surface area contributed by atoms with Crippen molar-refractivity contribution in [3.05, 3.63) is 32.4 Å². The van der Waals surface area contributed by atoms with E-state index in [2.05, 4.69) is 36.4 Å². The molecule has 2 unspecified atom stereocenters. The second-order valence-corrected chi connectivity index (χ2v) is 6.00. The highest BCUT2D eigenvalue weighted by atomic mass is 127. The van der Waals surface area contributed by atoms with Gasteiger partial charge in [0.1, 0.15) is 0 Å². The molecule has 1 aromatic rings. The molecule has 3 heteroatoms. The summed E-state index contributed by atoms with van der Waals surface area (Å²) in [6.45, 7) is 4.48. The largest absolute Gasteiger partial charge is 0.324 e. The lowest BCUT2D eigenvalue weighted by molar-refractivity contribution is 0.439. The molecule has 16 heavy (non-hydrogen) atoms. The van der Waals surface area contributed by atoms with Crippen molar-refractivity contribution in [2.75, 3.05) is 0 Å². The fourth-order valence-electron chi connectivity index (χ4n) is 1.97. The van der Waals surface area contributed by atoms with E-state index in [1.54, 1.807) is 0 Å². The van der Waals surface area contributed by atoms with E-state index >= 15 is 0 Å². The molecule has 0 bridgehead atoms. The highest BCUT2D eigenvalue weighted by Crippen LogP contribution is 2.27. The number of rotatable bonds is 5. The molecule has 0 radical (unpaired) electrons. The Labute approximate surface area is 117 Å². The number of nitrogens with two attached hydrogens (primary N) is 1. The fourth-order valence-corrected chi connectivity index (χ4v) is 2.89. The summed E-state index contributed by atoms with van der Waals surface area (Å²) >= 11 is 8.32. The SMILES string of the molecule is CCCC(C)CC(N)c1cc(Cl)ccc1I. The van der Waals surface area contributed by atoms with Gasteiger partial charge in [-0.05, 0) is 58.7 Å². The van der Waals surface area contributed by atoms with Crippen LogP contribution in [0.2, 0.25) is 5.02 Å².